The summed E-state index contributed by atoms with van der Waals surface area (Å²) in [6.45, 7) is 10.5. The van der Waals surface area contributed by atoms with Gasteiger partial charge in [-0.1, -0.05) is 38.0 Å². The predicted molar refractivity (Wildman–Crippen MR) is 82.4 cm³/mol. The van der Waals surface area contributed by atoms with Gasteiger partial charge in [0.05, 0.1) is 0 Å². The highest BCUT2D eigenvalue weighted by Gasteiger charge is 2.28. The van der Waals surface area contributed by atoms with Gasteiger partial charge in [0.25, 0.3) is 0 Å². The van der Waals surface area contributed by atoms with Gasteiger partial charge in [-0.15, -0.1) is 0 Å². The van der Waals surface area contributed by atoms with Gasteiger partial charge in [-0.25, -0.2) is 4.39 Å². The van der Waals surface area contributed by atoms with Crippen LogP contribution in [-0.4, -0.2) is 31.1 Å². The van der Waals surface area contributed by atoms with Crippen LogP contribution in [0.1, 0.15) is 43.9 Å². The molecular weight excluding hydrogens is 251 g/mol. The molecule has 20 heavy (non-hydrogen) atoms. The van der Waals surface area contributed by atoms with Crippen molar-refractivity contribution >= 4 is 0 Å². The maximum Gasteiger partial charge on any atom is 0.128 e. The van der Waals surface area contributed by atoms with Crippen LogP contribution >= 0.6 is 0 Å². The highest BCUT2D eigenvalue weighted by Crippen LogP contribution is 2.33. The zero-order chi connectivity index (χ0) is 14.5. The van der Waals surface area contributed by atoms with E-state index in [-0.39, 0.29) is 11.9 Å². The smallest absolute Gasteiger partial charge is 0.128 e. The van der Waals surface area contributed by atoms with Crippen molar-refractivity contribution in [1.82, 2.24) is 10.2 Å². The zero-order valence-corrected chi connectivity index (χ0v) is 13.0. The van der Waals surface area contributed by atoms with Crippen LogP contribution in [0.15, 0.2) is 18.2 Å². The van der Waals surface area contributed by atoms with Gasteiger partial charge in [-0.3, -0.25) is 4.90 Å². The average Bonchev–Trinajstić information content (AvgIpc) is 2.44. The quantitative estimate of drug-likeness (QED) is 0.886. The molecule has 1 N–H and O–H groups in total. The summed E-state index contributed by atoms with van der Waals surface area (Å²) in [5.41, 5.74) is 2.03. The first-order valence-electron chi connectivity index (χ1n) is 7.84. The van der Waals surface area contributed by atoms with Crippen molar-refractivity contribution in [2.45, 2.75) is 39.7 Å². The van der Waals surface area contributed by atoms with Gasteiger partial charge < -0.3 is 5.32 Å². The standard InChI is InChI=1S/C17H27FN2/c1-4-5-14(3)17(20-10-8-19-9-11-20)15-12-13(2)6-7-16(15)18/h6-7,12,14,17,19H,4-5,8-11H2,1-3H3/t14?,17-/m1/s1. The first kappa shape index (κ1) is 15.5. The van der Waals surface area contributed by atoms with Crippen LogP contribution in [0.2, 0.25) is 0 Å². The SMILES string of the molecule is CCCC(C)[C@H](c1cc(C)ccc1F)N1CCNCC1. The minimum Gasteiger partial charge on any atom is -0.314 e. The highest BCUT2D eigenvalue weighted by atomic mass is 19.1. The highest BCUT2D eigenvalue weighted by molar-refractivity contribution is 5.27. The molecule has 0 spiro atoms. The second-order valence-corrected chi connectivity index (χ2v) is 6.02. The summed E-state index contributed by atoms with van der Waals surface area (Å²) in [4.78, 5) is 2.45. The van der Waals surface area contributed by atoms with Crippen LogP contribution in [-0.2, 0) is 0 Å². The van der Waals surface area contributed by atoms with Crippen molar-refractivity contribution in [2.75, 3.05) is 26.2 Å². The fourth-order valence-electron chi connectivity index (χ4n) is 3.33. The van der Waals surface area contributed by atoms with Crippen LogP contribution < -0.4 is 5.32 Å². The van der Waals surface area contributed by atoms with Gasteiger partial charge in [-0.05, 0) is 25.3 Å². The Balaban J connectivity index is 2.31. The normalized spacial score (nSPS) is 19.8. The Morgan fingerprint density at radius 1 is 1.30 bits per heavy atom. The minimum atomic E-state index is -0.0536. The molecule has 0 saturated carbocycles. The third-order valence-electron chi connectivity index (χ3n) is 4.30. The second kappa shape index (κ2) is 7.19. The summed E-state index contributed by atoms with van der Waals surface area (Å²) in [6, 6.07) is 5.72. The third-order valence-corrected chi connectivity index (χ3v) is 4.30. The van der Waals surface area contributed by atoms with Crippen LogP contribution in [0.25, 0.3) is 0 Å². The van der Waals surface area contributed by atoms with Gasteiger partial charge in [-0.2, -0.15) is 0 Å². The van der Waals surface area contributed by atoms with Crippen molar-refractivity contribution in [2.24, 2.45) is 5.92 Å². The molecule has 2 rings (SSSR count). The number of piperazine rings is 1. The summed E-state index contributed by atoms with van der Waals surface area (Å²) >= 11 is 0. The number of hydrogen-bond donors (Lipinski definition) is 1. The largest absolute Gasteiger partial charge is 0.314 e. The van der Waals surface area contributed by atoms with Gasteiger partial charge in [0, 0.05) is 37.8 Å². The maximum absolute atomic E-state index is 14.3. The molecule has 1 fully saturated rings. The Morgan fingerprint density at radius 2 is 2.00 bits per heavy atom. The first-order valence-corrected chi connectivity index (χ1v) is 7.84. The Bertz CT molecular complexity index is 427. The number of halogens is 1. The fraction of sp³-hybridized carbons (Fsp3) is 0.647. The van der Waals surface area contributed by atoms with Crippen molar-refractivity contribution in [3.8, 4) is 0 Å². The molecule has 0 amide bonds. The van der Waals surface area contributed by atoms with Crippen molar-refractivity contribution in [3.63, 3.8) is 0 Å². The number of hydrogen-bond acceptors (Lipinski definition) is 2. The van der Waals surface area contributed by atoms with E-state index in [1.807, 2.05) is 19.1 Å². The molecule has 112 valence electrons. The van der Waals surface area contributed by atoms with Crippen molar-refractivity contribution in [1.29, 1.82) is 0 Å². The lowest BCUT2D eigenvalue weighted by atomic mass is 9.88. The summed E-state index contributed by atoms with van der Waals surface area (Å²) < 4.78 is 14.3. The molecule has 1 heterocycles. The van der Waals surface area contributed by atoms with Gasteiger partial charge in [0.15, 0.2) is 0 Å². The molecule has 0 aliphatic carbocycles. The molecule has 0 radical (unpaired) electrons. The average molecular weight is 278 g/mol. The lowest BCUT2D eigenvalue weighted by Crippen LogP contribution is -2.46. The molecule has 0 bridgehead atoms. The van der Waals surface area contributed by atoms with E-state index in [1.165, 1.54) is 0 Å². The number of rotatable bonds is 5. The molecule has 1 saturated heterocycles. The molecule has 2 atom stereocenters. The Kier molecular flexibility index (Phi) is 5.55. The van der Waals surface area contributed by atoms with E-state index in [0.29, 0.717) is 5.92 Å². The molecular formula is C17H27FN2. The number of aryl methyl sites for hydroxylation is 1. The van der Waals surface area contributed by atoms with E-state index in [1.54, 1.807) is 6.07 Å². The molecule has 1 unspecified atom stereocenters. The summed E-state index contributed by atoms with van der Waals surface area (Å²) in [7, 11) is 0. The van der Waals surface area contributed by atoms with Crippen LogP contribution in [0.3, 0.4) is 0 Å². The third kappa shape index (κ3) is 3.58. The van der Waals surface area contributed by atoms with E-state index >= 15 is 0 Å². The van der Waals surface area contributed by atoms with E-state index in [4.69, 9.17) is 0 Å². The summed E-state index contributed by atoms with van der Waals surface area (Å²) in [5.74, 6) is 0.427. The maximum atomic E-state index is 14.3. The molecule has 1 aromatic carbocycles. The van der Waals surface area contributed by atoms with E-state index in [9.17, 15) is 4.39 Å². The van der Waals surface area contributed by atoms with Crippen LogP contribution in [0.5, 0.6) is 0 Å². The number of benzene rings is 1. The second-order valence-electron chi connectivity index (χ2n) is 6.02. The monoisotopic (exact) mass is 278 g/mol. The van der Waals surface area contributed by atoms with Gasteiger partial charge >= 0.3 is 0 Å². The molecule has 1 aromatic rings. The lowest BCUT2D eigenvalue weighted by Gasteiger charge is -2.39. The minimum absolute atomic E-state index is 0.0536. The number of nitrogens with zero attached hydrogens (tertiary/aromatic N) is 1. The van der Waals surface area contributed by atoms with Gasteiger partial charge in [0.1, 0.15) is 5.82 Å². The molecule has 1 aliphatic heterocycles. The summed E-state index contributed by atoms with van der Waals surface area (Å²) in [5, 5.41) is 3.38. The van der Waals surface area contributed by atoms with Crippen LogP contribution in [0.4, 0.5) is 4.39 Å². The van der Waals surface area contributed by atoms with E-state index < -0.39 is 0 Å². The molecule has 0 aromatic heterocycles. The molecule has 3 heteroatoms. The molecule has 2 nitrogen and oxygen atoms in total. The number of nitrogens with one attached hydrogen (secondary N) is 1. The lowest BCUT2D eigenvalue weighted by molar-refractivity contribution is 0.123. The molecule has 1 aliphatic rings. The topological polar surface area (TPSA) is 15.3 Å². The first-order chi connectivity index (χ1) is 9.63. The fourth-order valence-corrected chi connectivity index (χ4v) is 3.33. The van der Waals surface area contributed by atoms with Crippen molar-refractivity contribution < 1.29 is 4.39 Å². The van der Waals surface area contributed by atoms with Gasteiger partial charge in [0.2, 0.25) is 0 Å². The van der Waals surface area contributed by atoms with Crippen molar-refractivity contribution in [3.05, 3.63) is 35.1 Å². The Morgan fingerprint density at radius 3 is 2.65 bits per heavy atom. The van der Waals surface area contributed by atoms with E-state index in [2.05, 4.69) is 24.1 Å². The van der Waals surface area contributed by atoms with E-state index in [0.717, 1.165) is 50.1 Å². The predicted octanol–water partition coefficient (Wildman–Crippen LogP) is 3.52. The summed E-state index contributed by atoms with van der Waals surface area (Å²) in [6.07, 6.45) is 2.29. The Labute approximate surface area is 122 Å². The zero-order valence-electron chi connectivity index (χ0n) is 13.0. The van der Waals surface area contributed by atoms with Crippen LogP contribution in [0, 0.1) is 18.7 Å². The Hall–Kier alpha value is -0.930.